The van der Waals surface area contributed by atoms with Gasteiger partial charge in [0.05, 0.1) is 16.8 Å². The van der Waals surface area contributed by atoms with Crippen LogP contribution in [0.25, 0.3) is 34.1 Å². The highest BCUT2D eigenvalue weighted by Crippen LogP contribution is 2.32. The van der Waals surface area contributed by atoms with Crippen LogP contribution in [0.4, 0.5) is 11.5 Å². The van der Waals surface area contributed by atoms with Gasteiger partial charge in [-0.1, -0.05) is 24.1 Å². The molecule has 4 heterocycles. The molecule has 1 aliphatic carbocycles. The van der Waals surface area contributed by atoms with E-state index in [1.807, 2.05) is 36.5 Å². The monoisotopic (exact) mass is 595 g/mol. The summed E-state index contributed by atoms with van der Waals surface area (Å²) in [6, 6.07) is 22.7. The van der Waals surface area contributed by atoms with E-state index in [9.17, 15) is 9.59 Å². The minimum absolute atomic E-state index is 0.267. The molecule has 7 rings (SSSR count). The van der Waals surface area contributed by atoms with Crippen LogP contribution in [0.15, 0.2) is 91.4 Å². The maximum atomic E-state index is 11.2. The van der Waals surface area contributed by atoms with Crippen molar-refractivity contribution in [3.63, 3.8) is 0 Å². The minimum Gasteiger partial charge on any atom is -0.383 e. The third kappa shape index (κ3) is 5.98. The lowest BCUT2D eigenvalue weighted by molar-refractivity contribution is -0.111. The first-order valence-electron chi connectivity index (χ1n) is 14.3. The maximum Gasteiger partial charge on any atom is 0.300 e. The molecule has 2 amide bonds. The smallest absolute Gasteiger partial charge is 0.300 e. The zero-order valence-electron chi connectivity index (χ0n) is 24.4. The number of fused-ring (bicyclic) bond motifs is 2. The molecule has 0 bridgehead atoms. The Morgan fingerprint density at radius 1 is 0.933 bits per heavy atom. The summed E-state index contributed by atoms with van der Waals surface area (Å²) in [5, 5.41) is 6.80. The third-order valence-corrected chi connectivity index (χ3v) is 7.33. The number of primary amides is 1. The van der Waals surface area contributed by atoms with Crippen molar-refractivity contribution in [3.05, 3.63) is 108 Å². The molecule has 0 saturated heterocycles. The number of imidazole rings is 1. The van der Waals surface area contributed by atoms with Crippen LogP contribution in [-0.2, 0) is 17.6 Å². The van der Waals surface area contributed by atoms with Crippen molar-refractivity contribution in [2.75, 3.05) is 11.1 Å². The van der Waals surface area contributed by atoms with Gasteiger partial charge in [0.1, 0.15) is 11.3 Å². The van der Waals surface area contributed by atoms with Gasteiger partial charge in [-0.2, -0.15) is 5.10 Å². The lowest BCUT2D eigenvalue weighted by Gasteiger charge is -2.12. The Kier molecular flexibility index (Phi) is 8.02. The van der Waals surface area contributed by atoms with Crippen molar-refractivity contribution < 1.29 is 9.59 Å². The fourth-order valence-electron chi connectivity index (χ4n) is 5.28. The Balaban J connectivity index is 0.000000202. The number of rotatable bonds is 5. The number of nitrogen functional groups attached to an aromatic ring is 1. The molecule has 0 aliphatic heterocycles. The van der Waals surface area contributed by atoms with Crippen LogP contribution in [0.2, 0.25) is 0 Å². The van der Waals surface area contributed by atoms with Crippen molar-refractivity contribution in [3.8, 4) is 34.7 Å². The summed E-state index contributed by atoms with van der Waals surface area (Å²) >= 11 is 0. The molecule has 0 atom stereocenters. The second-order valence-electron chi connectivity index (χ2n) is 10.2. The van der Waals surface area contributed by atoms with E-state index in [1.165, 1.54) is 23.6 Å². The number of aryl methyl sites for hydroxylation is 2. The van der Waals surface area contributed by atoms with Crippen molar-refractivity contribution >= 4 is 34.5 Å². The Hall–Kier alpha value is -6.28. The van der Waals surface area contributed by atoms with Gasteiger partial charge in [0.2, 0.25) is 0 Å². The topological polar surface area (TPSA) is 160 Å². The zero-order chi connectivity index (χ0) is 31.3. The highest BCUT2D eigenvalue weighted by Gasteiger charge is 2.20. The van der Waals surface area contributed by atoms with Crippen LogP contribution in [0.5, 0.6) is 0 Å². The number of carbonyl (C=O) groups is 2. The van der Waals surface area contributed by atoms with Crippen LogP contribution in [0.1, 0.15) is 34.8 Å². The molecule has 2 aromatic carbocycles. The molecule has 11 nitrogen and oxygen atoms in total. The minimum atomic E-state index is -0.588. The van der Waals surface area contributed by atoms with Gasteiger partial charge in [0.25, 0.3) is 11.8 Å². The van der Waals surface area contributed by atoms with E-state index in [1.54, 1.807) is 42.2 Å². The number of para-hydroxylation sites is 1. The number of nitrogens with zero attached hydrogens (tertiary/aromatic N) is 6. The van der Waals surface area contributed by atoms with Crippen molar-refractivity contribution in [2.24, 2.45) is 5.73 Å². The molecule has 5 N–H and O–H groups in total. The van der Waals surface area contributed by atoms with E-state index >= 15 is 0 Å². The summed E-state index contributed by atoms with van der Waals surface area (Å²) in [5.41, 5.74) is 18.2. The summed E-state index contributed by atoms with van der Waals surface area (Å²) in [7, 11) is 0. The first kappa shape index (κ1) is 28.8. The van der Waals surface area contributed by atoms with E-state index in [2.05, 4.69) is 50.0 Å². The van der Waals surface area contributed by atoms with Gasteiger partial charge in [-0.05, 0) is 97.8 Å². The van der Waals surface area contributed by atoms with Crippen molar-refractivity contribution in [2.45, 2.75) is 26.2 Å². The summed E-state index contributed by atoms with van der Waals surface area (Å²) in [5.74, 6) is 5.63. The van der Waals surface area contributed by atoms with Gasteiger partial charge < -0.3 is 16.8 Å². The van der Waals surface area contributed by atoms with Crippen LogP contribution in [0.3, 0.4) is 0 Å². The van der Waals surface area contributed by atoms with Crippen LogP contribution in [-0.4, -0.2) is 41.1 Å². The summed E-state index contributed by atoms with van der Waals surface area (Å²) < 4.78 is 3.83. The van der Waals surface area contributed by atoms with Crippen LogP contribution >= 0.6 is 0 Å². The molecule has 0 radical (unpaired) electrons. The SMILES string of the molecule is CC#CC(=O)Nc1ccccc1C(N)=O.Nc1ncccc1-c1nc2ccc(-n3cccn3)nc2n1-c1ccc2c(c1)CCC2. The van der Waals surface area contributed by atoms with E-state index in [0.717, 1.165) is 46.9 Å². The van der Waals surface area contributed by atoms with E-state index in [0.29, 0.717) is 11.5 Å². The summed E-state index contributed by atoms with van der Waals surface area (Å²) in [6.45, 7) is 1.56. The number of aromatic nitrogens is 6. The Bertz CT molecular complexity index is 2100. The van der Waals surface area contributed by atoms with Gasteiger partial charge >= 0.3 is 0 Å². The fourth-order valence-corrected chi connectivity index (χ4v) is 5.28. The molecule has 6 aromatic rings. The first-order chi connectivity index (χ1) is 21.9. The fraction of sp³-hybridized carbons (Fsp3) is 0.118. The Labute approximate surface area is 258 Å². The second kappa shape index (κ2) is 12.5. The predicted octanol–water partition coefficient (Wildman–Crippen LogP) is 4.49. The zero-order valence-corrected chi connectivity index (χ0v) is 24.4. The standard InChI is InChI=1S/C23H19N7.C11H10N2O2/c24-21-18(6-2-11-25-21)22-27-19-9-10-20(29-13-3-12-26-29)28-23(19)30(22)17-8-7-15-4-1-5-16(15)14-17;1-2-5-10(14)13-9-7-4-3-6-8(9)11(12)15/h2-3,6-14H,1,4-5H2,(H2,24,25);3-4,6-7H,1H3,(H2,12,15)(H,13,14). The first-order valence-corrected chi connectivity index (χ1v) is 14.3. The summed E-state index contributed by atoms with van der Waals surface area (Å²) in [6.07, 6.45) is 8.76. The predicted molar refractivity (Wildman–Crippen MR) is 173 cm³/mol. The molecule has 222 valence electrons. The highest BCUT2D eigenvalue weighted by molar-refractivity contribution is 6.08. The van der Waals surface area contributed by atoms with Gasteiger partial charge in [-0.3, -0.25) is 14.2 Å². The van der Waals surface area contributed by atoms with Crippen LogP contribution in [0, 0.1) is 11.8 Å². The Morgan fingerprint density at radius 3 is 2.56 bits per heavy atom. The number of carbonyl (C=O) groups excluding carboxylic acids is 2. The number of nitrogens with one attached hydrogen (secondary N) is 1. The molecule has 0 fully saturated rings. The number of anilines is 2. The van der Waals surface area contributed by atoms with Gasteiger partial charge in [0, 0.05) is 24.3 Å². The second-order valence-corrected chi connectivity index (χ2v) is 10.2. The average Bonchev–Trinajstić information content (AvgIpc) is 3.81. The third-order valence-electron chi connectivity index (χ3n) is 7.33. The molecule has 4 aromatic heterocycles. The molecule has 0 spiro atoms. The molecular formula is C34H29N9O2. The number of amides is 2. The quantitative estimate of drug-likeness (QED) is 0.248. The van der Waals surface area contributed by atoms with Crippen molar-refractivity contribution in [1.29, 1.82) is 0 Å². The number of nitrogens with two attached hydrogens (primary N) is 2. The average molecular weight is 596 g/mol. The number of pyridine rings is 2. The molecule has 0 saturated carbocycles. The molecule has 0 unspecified atom stereocenters. The molecule has 11 heteroatoms. The van der Waals surface area contributed by atoms with Gasteiger partial charge in [-0.25, -0.2) is 19.6 Å². The van der Waals surface area contributed by atoms with E-state index < -0.39 is 11.8 Å². The number of benzene rings is 2. The molecule has 45 heavy (non-hydrogen) atoms. The lowest BCUT2D eigenvalue weighted by Crippen LogP contribution is -2.16. The van der Waals surface area contributed by atoms with E-state index in [-0.39, 0.29) is 5.56 Å². The Morgan fingerprint density at radius 2 is 1.78 bits per heavy atom. The molecule has 1 aliphatic rings. The summed E-state index contributed by atoms with van der Waals surface area (Å²) in [4.78, 5) is 36.2. The van der Waals surface area contributed by atoms with Gasteiger partial charge in [-0.15, -0.1) is 0 Å². The van der Waals surface area contributed by atoms with Crippen molar-refractivity contribution in [1.82, 2.24) is 29.3 Å². The highest BCUT2D eigenvalue weighted by atomic mass is 16.2. The van der Waals surface area contributed by atoms with Crippen LogP contribution < -0.4 is 16.8 Å². The van der Waals surface area contributed by atoms with E-state index in [4.69, 9.17) is 21.4 Å². The normalized spacial score (nSPS) is 11.6. The van der Waals surface area contributed by atoms with Gasteiger partial charge in [0.15, 0.2) is 17.3 Å². The maximum absolute atomic E-state index is 11.2. The number of hydrogen-bond donors (Lipinski definition) is 3. The molecular weight excluding hydrogens is 566 g/mol. The largest absolute Gasteiger partial charge is 0.383 e. The number of hydrogen-bond acceptors (Lipinski definition) is 7. The lowest BCUT2D eigenvalue weighted by atomic mass is 10.1.